The molecule has 0 saturated heterocycles. The van der Waals surface area contributed by atoms with E-state index >= 15 is 0 Å². The Hall–Kier alpha value is -2.39. The summed E-state index contributed by atoms with van der Waals surface area (Å²) >= 11 is 0. The molecule has 0 amide bonds. The van der Waals surface area contributed by atoms with Gasteiger partial charge in [-0.2, -0.15) is 0 Å². The first kappa shape index (κ1) is 18.6. The first-order valence-corrected chi connectivity index (χ1v) is 5.11. The van der Waals surface area contributed by atoms with Crippen LogP contribution in [0.5, 0.6) is 11.5 Å². The second-order valence-corrected chi connectivity index (χ2v) is 3.44. The number of nitrogens with zero attached hydrogens (tertiary/aromatic N) is 2. The van der Waals surface area contributed by atoms with E-state index in [9.17, 15) is 19.8 Å². The third kappa shape index (κ3) is 6.54. The summed E-state index contributed by atoms with van der Waals surface area (Å²) in [4.78, 5) is 27.1. The van der Waals surface area contributed by atoms with E-state index in [-0.39, 0.29) is 45.7 Å². The summed E-state index contributed by atoms with van der Waals surface area (Å²) in [5.41, 5.74) is -0.250. The van der Waals surface area contributed by atoms with Gasteiger partial charge in [0.15, 0.2) is 0 Å². The zero-order valence-electron chi connectivity index (χ0n) is 10.6. The summed E-state index contributed by atoms with van der Waals surface area (Å²) in [5, 5.41) is 37.6. The van der Waals surface area contributed by atoms with Crippen molar-refractivity contribution in [2.24, 2.45) is 0 Å². The molecule has 0 aliphatic carbocycles. The smallest absolute Gasteiger partial charge is 0.545 e. The van der Waals surface area contributed by atoms with E-state index < -0.39 is 11.9 Å². The Labute approximate surface area is 134 Å². The number of rotatable bonds is 2. The molecule has 0 aliphatic rings. The van der Waals surface area contributed by atoms with Crippen LogP contribution in [-0.2, 0) is 0 Å². The molecular weight excluding hydrogens is 292 g/mol. The van der Waals surface area contributed by atoms with E-state index in [0.717, 1.165) is 36.9 Å². The van der Waals surface area contributed by atoms with Gasteiger partial charge in [-0.1, -0.05) is 0 Å². The molecule has 2 N–H and O–H groups in total. The van der Waals surface area contributed by atoms with Crippen molar-refractivity contribution in [2.75, 3.05) is 0 Å². The van der Waals surface area contributed by atoms with Gasteiger partial charge >= 0.3 is 23.1 Å². The Morgan fingerprint density at radius 1 is 0.810 bits per heavy atom. The first-order valence-electron chi connectivity index (χ1n) is 5.11. The number of hydrogen-bond donors (Lipinski definition) is 2. The summed E-state index contributed by atoms with van der Waals surface area (Å²) < 4.78 is 0. The van der Waals surface area contributed by atoms with Crippen molar-refractivity contribution in [3.8, 4) is 11.5 Å². The van der Waals surface area contributed by atoms with E-state index in [1.54, 1.807) is 0 Å². The van der Waals surface area contributed by atoms with Gasteiger partial charge in [-0.05, 0) is 12.1 Å². The first-order chi connectivity index (χ1) is 9.40. The molecule has 0 fully saturated rings. The molecule has 9 heteroatoms. The Morgan fingerprint density at radius 2 is 1.14 bits per heavy atom. The molecule has 0 unspecified atom stereocenters. The minimum atomic E-state index is -1.34. The van der Waals surface area contributed by atoms with Gasteiger partial charge in [-0.15, -0.1) is 0 Å². The molecule has 0 radical (unpaired) electrons. The second-order valence-electron chi connectivity index (χ2n) is 3.44. The zero-order valence-corrected chi connectivity index (χ0v) is 12.0. The number of aromatic hydroxyl groups is 2. The Balaban J connectivity index is 0.000000364. The van der Waals surface area contributed by atoms with Crippen molar-refractivity contribution in [1.29, 1.82) is 0 Å². The molecule has 2 rings (SSSR count). The van der Waals surface area contributed by atoms with Crippen molar-refractivity contribution in [3.63, 3.8) is 0 Å². The molecule has 21 heavy (non-hydrogen) atoms. The zero-order chi connectivity index (χ0) is 15.1. The molecule has 104 valence electrons. The van der Waals surface area contributed by atoms with Gasteiger partial charge in [0.25, 0.3) is 0 Å². The number of carboxylic acid groups (broad SMARTS) is 2. The van der Waals surface area contributed by atoms with Crippen LogP contribution in [0.1, 0.15) is 20.7 Å². The van der Waals surface area contributed by atoms with Crippen LogP contribution in [0.25, 0.3) is 0 Å². The van der Waals surface area contributed by atoms with Crippen LogP contribution in [0, 0.1) is 0 Å². The Morgan fingerprint density at radius 3 is 1.33 bits per heavy atom. The number of hydrogen-bond acceptors (Lipinski definition) is 8. The maximum Gasteiger partial charge on any atom is 2.00 e. The monoisotopic (exact) mass is 300 g/mol. The van der Waals surface area contributed by atoms with Crippen molar-refractivity contribution in [1.82, 2.24) is 9.97 Å². The molecular formula is C12H8MgN2O6. The van der Waals surface area contributed by atoms with Crippen LogP contribution in [-0.4, -0.2) is 55.2 Å². The van der Waals surface area contributed by atoms with E-state index in [2.05, 4.69) is 9.97 Å². The number of aromatic carboxylic acids is 2. The summed E-state index contributed by atoms with van der Waals surface area (Å²) in [6, 6.07) is 2.14. The topological polar surface area (TPSA) is 146 Å². The molecule has 8 nitrogen and oxygen atoms in total. The van der Waals surface area contributed by atoms with E-state index in [1.807, 2.05) is 0 Å². The van der Waals surface area contributed by atoms with E-state index in [4.69, 9.17) is 10.2 Å². The quantitative estimate of drug-likeness (QED) is 0.601. The van der Waals surface area contributed by atoms with Crippen LogP contribution >= 0.6 is 0 Å². The standard InChI is InChI=1S/2C6H5NO3.Mg/c2*8-5-1-4(6(9)10)2-7-3-5;/h2*1-3,8H,(H,9,10);/q;;+2/p-2. The summed E-state index contributed by atoms with van der Waals surface area (Å²) in [6.45, 7) is 0. The van der Waals surface area contributed by atoms with Crippen molar-refractivity contribution in [3.05, 3.63) is 48.0 Å². The van der Waals surface area contributed by atoms with Gasteiger partial charge in [-0.3, -0.25) is 9.97 Å². The predicted octanol–water partition coefficient (Wildman–Crippen LogP) is -2.08. The number of pyridine rings is 2. The number of carbonyl (C=O) groups excluding carboxylic acids is 2. The summed E-state index contributed by atoms with van der Waals surface area (Å²) in [6.07, 6.45) is 4.50. The molecule has 0 spiro atoms. The molecule has 0 atom stereocenters. The fourth-order valence-electron chi connectivity index (χ4n) is 1.08. The second kappa shape index (κ2) is 8.71. The van der Waals surface area contributed by atoms with E-state index in [0.29, 0.717) is 0 Å². The summed E-state index contributed by atoms with van der Waals surface area (Å²) in [7, 11) is 0. The molecule has 2 heterocycles. The average molecular weight is 301 g/mol. The molecule has 0 bridgehead atoms. The van der Waals surface area contributed by atoms with Gasteiger partial charge in [0.2, 0.25) is 0 Å². The van der Waals surface area contributed by atoms with Gasteiger partial charge in [0.05, 0.1) is 24.3 Å². The van der Waals surface area contributed by atoms with Gasteiger partial charge in [0, 0.05) is 23.5 Å². The van der Waals surface area contributed by atoms with Crippen LogP contribution in [0.15, 0.2) is 36.9 Å². The number of carboxylic acids is 2. The third-order valence-electron chi connectivity index (χ3n) is 1.92. The number of carbonyl (C=O) groups is 2. The van der Waals surface area contributed by atoms with E-state index in [1.165, 1.54) is 0 Å². The van der Waals surface area contributed by atoms with Crippen LogP contribution in [0.4, 0.5) is 0 Å². The maximum absolute atomic E-state index is 10.1. The SMILES string of the molecule is O=C([O-])c1cncc(O)c1.O=C([O-])c1cncc(O)c1.[Mg+2]. The third-order valence-corrected chi connectivity index (χ3v) is 1.92. The minimum absolute atomic E-state index is 0. The fourth-order valence-corrected chi connectivity index (χ4v) is 1.08. The fraction of sp³-hybridized carbons (Fsp3) is 0. The van der Waals surface area contributed by atoms with Crippen molar-refractivity contribution in [2.45, 2.75) is 0 Å². The van der Waals surface area contributed by atoms with Crippen LogP contribution in [0.2, 0.25) is 0 Å². The maximum atomic E-state index is 10.1. The van der Waals surface area contributed by atoms with Gasteiger partial charge < -0.3 is 30.0 Å². The number of aromatic nitrogens is 2. The van der Waals surface area contributed by atoms with Crippen LogP contribution in [0.3, 0.4) is 0 Å². The van der Waals surface area contributed by atoms with Gasteiger partial charge in [0.1, 0.15) is 11.5 Å². The predicted molar refractivity (Wildman–Crippen MR) is 66.2 cm³/mol. The molecule has 2 aromatic rings. The average Bonchev–Trinajstić information content (AvgIpc) is 2.39. The van der Waals surface area contributed by atoms with Crippen molar-refractivity contribution < 1.29 is 30.0 Å². The summed E-state index contributed by atoms with van der Waals surface area (Å²) in [5.74, 6) is -3.05. The van der Waals surface area contributed by atoms with Crippen molar-refractivity contribution >= 4 is 35.0 Å². The normalized spacial score (nSPS) is 8.76. The van der Waals surface area contributed by atoms with Crippen LogP contribution < -0.4 is 10.2 Å². The minimum Gasteiger partial charge on any atom is -0.545 e. The largest absolute Gasteiger partial charge is 2.00 e. The van der Waals surface area contributed by atoms with Gasteiger partial charge in [-0.25, -0.2) is 0 Å². The Bertz CT molecular complexity index is 579. The molecule has 0 aromatic carbocycles. The molecule has 0 saturated carbocycles. The Kier molecular flexibility index (Phi) is 7.72. The molecule has 2 aromatic heterocycles. The molecule has 0 aliphatic heterocycles.